The number of carbonyl (C=O) groups is 1. The highest BCUT2D eigenvalue weighted by Crippen LogP contribution is 2.32. The van der Waals surface area contributed by atoms with Crippen LogP contribution in [0, 0.1) is 6.92 Å². The second-order valence-corrected chi connectivity index (χ2v) is 4.93. The first kappa shape index (κ1) is 17.0. The third-order valence-electron chi connectivity index (χ3n) is 3.02. The normalized spacial score (nSPS) is 10.7. The van der Waals surface area contributed by atoms with Crippen molar-refractivity contribution in [1.82, 2.24) is 9.78 Å². The average Bonchev–Trinajstić information content (AvgIpc) is 2.71. The number of carbonyl (C=O) groups excluding carboxylic acids is 1. The molecule has 0 atom stereocenters. The standard InChI is InChI=1S/C14H14ClF2N3O3/c1-7-11(12(15)20(2)19-7)13(21)18-8-4-5-9(22-3)10(6-8)23-14(16)17/h4-6,14H,1-3H3,(H,18,21). The van der Waals surface area contributed by atoms with Crippen LogP contribution < -0.4 is 14.8 Å². The summed E-state index contributed by atoms with van der Waals surface area (Å²) in [4.78, 5) is 12.3. The van der Waals surface area contributed by atoms with Gasteiger partial charge in [-0.2, -0.15) is 13.9 Å². The molecule has 2 aromatic rings. The van der Waals surface area contributed by atoms with Crippen molar-refractivity contribution in [3.8, 4) is 11.5 Å². The SMILES string of the molecule is COc1ccc(NC(=O)c2c(C)nn(C)c2Cl)cc1OC(F)F. The minimum atomic E-state index is -3.01. The van der Waals surface area contributed by atoms with E-state index in [0.717, 1.165) is 0 Å². The number of hydrogen-bond donors (Lipinski definition) is 1. The van der Waals surface area contributed by atoms with Crippen molar-refractivity contribution in [1.29, 1.82) is 0 Å². The van der Waals surface area contributed by atoms with Crippen LogP contribution in [-0.4, -0.2) is 29.4 Å². The molecule has 1 amide bonds. The van der Waals surface area contributed by atoms with Crippen LogP contribution in [0.25, 0.3) is 0 Å². The lowest BCUT2D eigenvalue weighted by atomic mass is 10.2. The van der Waals surface area contributed by atoms with Crippen molar-refractivity contribution in [3.63, 3.8) is 0 Å². The minimum Gasteiger partial charge on any atom is -0.493 e. The first-order chi connectivity index (χ1) is 10.8. The van der Waals surface area contributed by atoms with Gasteiger partial charge in [-0.1, -0.05) is 11.6 Å². The van der Waals surface area contributed by atoms with Gasteiger partial charge in [-0.3, -0.25) is 9.48 Å². The van der Waals surface area contributed by atoms with E-state index >= 15 is 0 Å². The summed E-state index contributed by atoms with van der Waals surface area (Å²) >= 11 is 6.02. The molecule has 0 bridgehead atoms. The van der Waals surface area contributed by atoms with Gasteiger partial charge in [-0.15, -0.1) is 0 Å². The summed E-state index contributed by atoms with van der Waals surface area (Å²) in [5.74, 6) is -0.568. The highest BCUT2D eigenvalue weighted by atomic mass is 35.5. The van der Waals surface area contributed by atoms with Crippen molar-refractivity contribution in [3.05, 3.63) is 34.6 Å². The Morgan fingerprint density at radius 3 is 2.61 bits per heavy atom. The van der Waals surface area contributed by atoms with Crippen LogP contribution in [-0.2, 0) is 7.05 Å². The fraction of sp³-hybridized carbons (Fsp3) is 0.286. The Balaban J connectivity index is 2.27. The van der Waals surface area contributed by atoms with Crippen LogP contribution in [0.4, 0.5) is 14.5 Å². The molecule has 1 heterocycles. The fourth-order valence-corrected chi connectivity index (χ4v) is 2.28. The van der Waals surface area contributed by atoms with Gasteiger partial charge < -0.3 is 14.8 Å². The number of ether oxygens (including phenoxy) is 2. The van der Waals surface area contributed by atoms with Gasteiger partial charge in [0.25, 0.3) is 5.91 Å². The number of nitrogens with zero attached hydrogens (tertiary/aromatic N) is 2. The van der Waals surface area contributed by atoms with Gasteiger partial charge >= 0.3 is 6.61 Å². The van der Waals surface area contributed by atoms with Crippen LogP contribution in [0.3, 0.4) is 0 Å². The Morgan fingerprint density at radius 2 is 2.09 bits per heavy atom. The lowest BCUT2D eigenvalue weighted by Crippen LogP contribution is -2.13. The van der Waals surface area contributed by atoms with Crippen molar-refractivity contribution in [2.45, 2.75) is 13.5 Å². The molecule has 0 unspecified atom stereocenters. The van der Waals surface area contributed by atoms with Crippen molar-refractivity contribution < 1.29 is 23.0 Å². The quantitative estimate of drug-likeness (QED) is 0.903. The Kier molecular flexibility index (Phi) is 5.05. The maximum atomic E-state index is 12.4. The van der Waals surface area contributed by atoms with E-state index in [1.165, 1.54) is 30.0 Å². The lowest BCUT2D eigenvalue weighted by Gasteiger charge is -2.12. The summed E-state index contributed by atoms with van der Waals surface area (Å²) in [5, 5.41) is 6.78. The number of anilines is 1. The molecule has 0 radical (unpaired) electrons. The smallest absolute Gasteiger partial charge is 0.387 e. The first-order valence-electron chi connectivity index (χ1n) is 6.46. The van der Waals surface area contributed by atoms with E-state index in [1.54, 1.807) is 14.0 Å². The zero-order chi connectivity index (χ0) is 17.1. The predicted molar refractivity (Wildman–Crippen MR) is 80.5 cm³/mol. The summed E-state index contributed by atoms with van der Waals surface area (Å²) in [6.07, 6.45) is 0. The largest absolute Gasteiger partial charge is 0.493 e. The highest BCUT2D eigenvalue weighted by Gasteiger charge is 2.20. The number of rotatable bonds is 5. The number of aryl methyl sites for hydroxylation is 2. The van der Waals surface area contributed by atoms with E-state index in [2.05, 4.69) is 15.2 Å². The number of amides is 1. The molecule has 0 saturated carbocycles. The molecule has 9 heteroatoms. The minimum absolute atomic E-state index is 0.124. The summed E-state index contributed by atoms with van der Waals surface area (Å²) in [6.45, 7) is -1.37. The van der Waals surface area contributed by atoms with E-state index in [4.69, 9.17) is 16.3 Å². The molecule has 124 valence electrons. The predicted octanol–water partition coefficient (Wildman–Crippen LogP) is 3.24. The van der Waals surface area contributed by atoms with E-state index in [9.17, 15) is 13.6 Å². The number of methoxy groups -OCH3 is 1. The molecular formula is C14H14ClF2N3O3. The molecule has 0 aliphatic heterocycles. The fourth-order valence-electron chi connectivity index (χ4n) is 2.02. The van der Waals surface area contributed by atoms with Gasteiger partial charge in [0.05, 0.1) is 18.4 Å². The van der Waals surface area contributed by atoms with Crippen molar-refractivity contribution in [2.75, 3.05) is 12.4 Å². The van der Waals surface area contributed by atoms with E-state index in [0.29, 0.717) is 5.69 Å². The molecule has 0 fully saturated rings. The van der Waals surface area contributed by atoms with Gasteiger partial charge in [0.15, 0.2) is 11.5 Å². The molecule has 6 nitrogen and oxygen atoms in total. The molecule has 0 saturated heterocycles. The number of halogens is 3. The molecule has 0 aliphatic rings. The third kappa shape index (κ3) is 3.70. The summed E-state index contributed by atoms with van der Waals surface area (Å²) in [7, 11) is 2.93. The lowest BCUT2D eigenvalue weighted by molar-refractivity contribution is -0.0511. The molecule has 0 aliphatic carbocycles. The number of alkyl halides is 2. The van der Waals surface area contributed by atoms with E-state index in [1.807, 2.05) is 0 Å². The van der Waals surface area contributed by atoms with Crippen LogP contribution in [0.5, 0.6) is 11.5 Å². The van der Waals surface area contributed by atoms with Crippen molar-refractivity contribution >= 4 is 23.2 Å². The molecular weight excluding hydrogens is 332 g/mol. The second-order valence-electron chi connectivity index (χ2n) is 4.57. The molecule has 23 heavy (non-hydrogen) atoms. The van der Waals surface area contributed by atoms with Crippen LogP contribution >= 0.6 is 11.6 Å². The molecule has 2 rings (SSSR count). The second kappa shape index (κ2) is 6.82. The zero-order valence-electron chi connectivity index (χ0n) is 12.6. The van der Waals surface area contributed by atoms with Crippen LogP contribution in [0.1, 0.15) is 16.1 Å². The molecule has 1 N–H and O–H groups in total. The van der Waals surface area contributed by atoms with Crippen molar-refractivity contribution in [2.24, 2.45) is 7.05 Å². The van der Waals surface area contributed by atoms with Gasteiger partial charge in [-0.05, 0) is 19.1 Å². The molecule has 1 aromatic heterocycles. The van der Waals surface area contributed by atoms with Crippen LogP contribution in [0.2, 0.25) is 5.15 Å². The summed E-state index contributed by atoms with van der Waals surface area (Å²) in [6, 6.07) is 4.14. The van der Waals surface area contributed by atoms with Crippen LogP contribution in [0.15, 0.2) is 18.2 Å². The number of aromatic nitrogens is 2. The van der Waals surface area contributed by atoms with Gasteiger partial charge in [-0.25, -0.2) is 0 Å². The Bertz CT molecular complexity index is 734. The van der Waals surface area contributed by atoms with Gasteiger partial charge in [0, 0.05) is 18.8 Å². The number of benzene rings is 1. The third-order valence-corrected chi connectivity index (χ3v) is 3.45. The summed E-state index contributed by atoms with van der Waals surface area (Å²) < 4.78 is 35.5. The molecule has 0 spiro atoms. The number of nitrogens with one attached hydrogen (secondary N) is 1. The summed E-state index contributed by atoms with van der Waals surface area (Å²) in [5.41, 5.74) is 0.916. The Labute approximate surface area is 135 Å². The monoisotopic (exact) mass is 345 g/mol. The topological polar surface area (TPSA) is 65.4 Å². The average molecular weight is 346 g/mol. The Morgan fingerprint density at radius 1 is 1.39 bits per heavy atom. The first-order valence-corrected chi connectivity index (χ1v) is 6.84. The van der Waals surface area contributed by atoms with E-state index < -0.39 is 12.5 Å². The maximum Gasteiger partial charge on any atom is 0.387 e. The Hall–Kier alpha value is -2.35. The maximum absolute atomic E-state index is 12.4. The highest BCUT2D eigenvalue weighted by molar-refractivity contribution is 6.33. The number of hydrogen-bond acceptors (Lipinski definition) is 4. The van der Waals surface area contributed by atoms with E-state index in [-0.39, 0.29) is 27.9 Å². The zero-order valence-corrected chi connectivity index (χ0v) is 13.3. The molecule has 1 aromatic carbocycles. The van der Waals surface area contributed by atoms with Gasteiger partial charge in [0.2, 0.25) is 0 Å². The van der Waals surface area contributed by atoms with Gasteiger partial charge in [0.1, 0.15) is 5.15 Å².